The van der Waals surface area contributed by atoms with Gasteiger partial charge in [0.05, 0.1) is 19.3 Å². The highest BCUT2D eigenvalue weighted by atomic mass is 16.5. The highest BCUT2D eigenvalue weighted by Gasteiger charge is 1.99. The maximum absolute atomic E-state index is 5.15. The monoisotopic (exact) mass is 298 g/mol. The number of hydrogen-bond acceptors (Lipinski definition) is 3. The lowest BCUT2D eigenvalue weighted by molar-refractivity contribution is 0.414. The lowest BCUT2D eigenvalue weighted by Crippen LogP contribution is -2.38. The second-order valence-corrected chi connectivity index (χ2v) is 4.77. The van der Waals surface area contributed by atoms with Gasteiger partial charge in [-0.1, -0.05) is 18.2 Å². The molecule has 2 rings (SSSR count). The minimum atomic E-state index is 0.656. The van der Waals surface area contributed by atoms with Gasteiger partial charge in [0.1, 0.15) is 5.75 Å². The minimum Gasteiger partial charge on any atom is -0.497 e. The molecule has 0 aliphatic heterocycles. The summed E-state index contributed by atoms with van der Waals surface area (Å²) in [5, 5.41) is 6.54. The van der Waals surface area contributed by atoms with Crippen molar-refractivity contribution in [3.63, 3.8) is 0 Å². The van der Waals surface area contributed by atoms with Crippen molar-refractivity contribution < 1.29 is 4.74 Å². The van der Waals surface area contributed by atoms with Crippen molar-refractivity contribution in [2.75, 3.05) is 20.7 Å². The highest BCUT2D eigenvalue weighted by molar-refractivity contribution is 5.79. The molecule has 0 fully saturated rings. The molecule has 5 heteroatoms. The van der Waals surface area contributed by atoms with Gasteiger partial charge in [0.2, 0.25) is 0 Å². The van der Waals surface area contributed by atoms with Gasteiger partial charge in [-0.25, -0.2) is 0 Å². The van der Waals surface area contributed by atoms with Gasteiger partial charge in [-0.3, -0.25) is 9.98 Å². The summed E-state index contributed by atoms with van der Waals surface area (Å²) in [6.07, 6.45) is 2.71. The molecule has 0 saturated heterocycles. The molecule has 0 unspecified atom stereocenters. The zero-order chi connectivity index (χ0) is 15.6. The van der Waals surface area contributed by atoms with Crippen LogP contribution in [-0.2, 0) is 13.0 Å². The van der Waals surface area contributed by atoms with Crippen molar-refractivity contribution in [1.29, 1.82) is 0 Å². The number of aliphatic imine (C=N–C) groups is 1. The van der Waals surface area contributed by atoms with Crippen LogP contribution in [0.25, 0.3) is 0 Å². The maximum Gasteiger partial charge on any atom is 0.191 e. The predicted molar refractivity (Wildman–Crippen MR) is 89.1 cm³/mol. The summed E-state index contributed by atoms with van der Waals surface area (Å²) in [6, 6.07) is 14.0. The molecule has 1 heterocycles. The molecule has 116 valence electrons. The third kappa shape index (κ3) is 5.09. The van der Waals surface area contributed by atoms with E-state index < -0.39 is 0 Å². The smallest absolute Gasteiger partial charge is 0.191 e. The van der Waals surface area contributed by atoms with E-state index in [4.69, 9.17) is 4.74 Å². The van der Waals surface area contributed by atoms with Gasteiger partial charge in [-0.2, -0.15) is 0 Å². The Morgan fingerprint density at radius 3 is 2.59 bits per heavy atom. The number of methoxy groups -OCH3 is 1. The molecule has 0 aliphatic rings. The molecule has 0 atom stereocenters. The molecule has 5 nitrogen and oxygen atoms in total. The van der Waals surface area contributed by atoms with E-state index in [0.29, 0.717) is 6.54 Å². The van der Waals surface area contributed by atoms with Crippen LogP contribution in [0.15, 0.2) is 53.7 Å². The molecule has 0 radical (unpaired) electrons. The Morgan fingerprint density at radius 1 is 1.14 bits per heavy atom. The van der Waals surface area contributed by atoms with Crippen molar-refractivity contribution in [1.82, 2.24) is 15.6 Å². The number of aromatic nitrogens is 1. The molecule has 22 heavy (non-hydrogen) atoms. The molecule has 0 saturated carbocycles. The first kappa shape index (κ1) is 15.8. The fourth-order valence-electron chi connectivity index (χ4n) is 2.02. The first-order valence-electron chi connectivity index (χ1n) is 7.29. The minimum absolute atomic E-state index is 0.656. The van der Waals surface area contributed by atoms with E-state index in [-0.39, 0.29) is 0 Å². The number of rotatable bonds is 6. The van der Waals surface area contributed by atoms with Crippen LogP contribution in [-0.4, -0.2) is 31.6 Å². The average Bonchev–Trinajstić information content (AvgIpc) is 2.59. The average molecular weight is 298 g/mol. The van der Waals surface area contributed by atoms with Crippen LogP contribution in [0, 0.1) is 0 Å². The predicted octanol–water partition coefficient (Wildman–Crippen LogP) is 2.00. The van der Waals surface area contributed by atoms with E-state index in [9.17, 15) is 0 Å². The summed E-state index contributed by atoms with van der Waals surface area (Å²) < 4.78 is 5.15. The number of ether oxygens (including phenoxy) is 1. The van der Waals surface area contributed by atoms with Gasteiger partial charge < -0.3 is 15.4 Å². The van der Waals surface area contributed by atoms with Crippen LogP contribution in [0.4, 0.5) is 0 Å². The van der Waals surface area contributed by atoms with Crippen LogP contribution < -0.4 is 15.4 Å². The summed E-state index contributed by atoms with van der Waals surface area (Å²) in [6.45, 7) is 1.47. The van der Waals surface area contributed by atoms with Crippen molar-refractivity contribution in [2.24, 2.45) is 4.99 Å². The Bertz CT molecular complexity index is 581. The van der Waals surface area contributed by atoms with Gasteiger partial charge in [0.15, 0.2) is 5.96 Å². The number of nitrogens with one attached hydrogen (secondary N) is 2. The lowest BCUT2D eigenvalue weighted by Gasteiger charge is -2.11. The summed E-state index contributed by atoms with van der Waals surface area (Å²) >= 11 is 0. The topological polar surface area (TPSA) is 58.5 Å². The second kappa shape index (κ2) is 8.67. The molecule has 2 N–H and O–H groups in total. The van der Waals surface area contributed by atoms with Crippen LogP contribution in [0.1, 0.15) is 11.3 Å². The number of hydrogen-bond donors (Lipinski definition) is 2. The lowest BCUT2D eigenvalue weighted by atomic mass is 10.1. The first-order chi connectivity index (χ1) is 10.8. The largest absolute Gasteiger partial charge is 0.497 e. The molecular formula is C17H22N4O. The summed E-state index contributed by atoms with van der Waals surface area (Å²) in [5.74, 6) is 1.66. The van der Waals surface area contributed by atoms with Gasteiger partial charge in [-0.15, -0.1) is 0 Å². The fraction of sp³-hybridized carbons (Fsp3) is 0.294. The third-order valence-corrected chi connectivity index (χ3v) is 3.25. The van der Waals surface area contributed by atoms with Crippen LogP contribution in [0.3, 0.4) is 0 Å². The quantitative estimate of drug-likeness (QED) is 0.632. The van der Waals surface area contributed by atoms with E-state index in [1.807, 2.05) is 30.3 Å². The van der Waals surface area contributed by atoms with E-state index in [1.54, 1.807) is 20.4 Å². The normalized spacial score (nSPS) is 11.1. The third-order valence-electron chi connectivity index (χ3n) is 3.25. The Labute approximate surface area is 131 Å². The Balaban J connectivity index is 1.74. The maximum atomic E-state index is 5.15. The highest BCUT2D eigenvalue weighted by Crippen LogP contribution is 2.11. The Hall–Kier alpha value is -2.56. The van der Waals surface area contributed by atoms with E-state index in [1.165, 1.54) is 5.56 Å². The first-order valence-corrected chi connectivity index (χ1v) is 7.29. The van der Waals surface area contributed by atoms with E-state index >= 15 is 0 Å². The fourth-order valence-corrected chi connectivity index (χ4v) is 2.02. The number of nitrogens with zero attached hydrogens (tertiary/aromatic N) is 2. The molecular weight excluding hydrogens is 276 g/mol. The Morgan fingerprint density at radius 2 is 1.95 bits per heavy atom. The molecule has 0 aliphatic carbocycles. The van der Waals surface area contributed by atoms with Crippen LogP contribution in [0.2, 0.25) is 0 Å². The SMILES string of the molecule is CN=C(NCCc1ccc(OC)cc1)NCc1ccccn1. The molecule has 1 aromatic heterocycles. The zero-order valence-electron chi connectivity index (χ0n) is 13.0. The zero-order valence-corrected chi connectivity index (χ0v) is 13.0. The molecule has 1 aromatic carbocycles. The van der Waals surface area contributed by atoms with Crippen LogP contribution in [0.5, 0.6) is 5.75 Å². The summed E-state index contributed by atoms with van der Waals surface area (Å²) in [5.41, 5.74) is 2.24. The molecule has 2 aromatic rings. The molecule has 0 spiro atoms. The number of pyridine rings is 1. The summed E-state index contributed by atoms with van der Waals surface area (Å²) in [4.78, 5) is 8.48. The standard InChI is InChI=1S/C17H22N4O/c1-18-17(21-13-15-5-3-4-11-19-15)20-12-10-14-6-8-16(22-2)9-7-14/h3-9,11H,10,12-13H2,1-2H3,(H2,18,20,21). The van der Waals surface area contributed by atoms with Crippen LogP contribution >= 0.6 is 0 Å². The van der Waals surface area contributed by atoms with Crippen molar-refractivity contribution in [3.8, 4) is 5.75 Å². The van der Waals surface area contributed by atoms with Crippen molar-refractivity contribution in [2.45, 2.75) is 13.0 Å². The van der Waals surface area contributed by atoms with Crippen molar-refractivity contribution >= 4 is 5.96 Å². The number of guanidine groups is 1. The molecule has 0 amide bonds. The van der Waals surface area contributed by atoms with E-state index in [2.05, 4.69) is 32.7 Å². The summed E-state index contributed by atoms with van der Waals surface area (Å²) in [7, 11) is 3.44. The van der Waals surface area contributed by atoms with Gasteiger partial charge in [-0.05, 0) is 36.2 Å². The van der Waals surface area contributed by atoms with E-state index in [0.717, 1.165) is 30.4 Å². The van der Waals surface area contributed by atoms with Gasteiger partial charge >= 0.3 is 0 Å². The second-order valence-electron chi connectivity index (χ2n) is 4.77. The number of benzene rings is 1. The molecule has 0 bridgehead atoms. The van der Waals surface area contributed by atoms with Gasteiger partial charge in [0, 0.05) is 19.8 Å². The Kier molecular flexibility index (Phi) is 6.23. The van der Waals surface area contributed by atoms with Gasteiger partial charge in [0.25, 0.3) is 0 Å². The van der Waals surface area contributed by atoms with Crippen molar-refractivity contribution in [3.05, 3.63) is 59.9 Å².